The Kier molecular flexibility index (Phi) is 6.33. The van der Waals surface area contributed by atoms with E-state index in [1.165, 1.54) is 38.5 Å². The van der Waals surface area contributed by atoms with Crippen molar-refractivity contribution in [3.05, 3.63) is 0 Å². The van der Waals surface area contributed by atoms with E-state index in [0.717, 1.165) is 23.7 Å². The van der Waals surface area contributed by atoms with Crippen molar-refractivity contribution in [2.75, 3.05) is 0 Å². The Hall–Kier alpha value is 0.500. The van der Waals surface area contributed by atoms with Crippen molar-refractivity contribution in [3.8, 4) is 0 Å². The summed E-state index contributed by atoms with van der Waals surface area (Å²) in [4.78, 5) is 0. The minimum absolute atomic E-state index is 0. The van der Waals surface area contributed by atoms with Gasteiger partial charge in [-0.1, -0.05) is 27.7 Å². The highest BCUT2D eigenvalue weighted by Crippen LogP contribution is 2.55. The average Bonchev–Trinajstić information content (AvgIpc) is 3.10. The second-order valence-corrected chi connectivity index (χ2v) is 9.23. The third kappa shape index (κ3) is 3.06. The van der Waals surface area contributed by atoms with Crippen LogP contribution in [0.5, 0.6) is 0 Å². The largest absolute Gasteiger partial charge is 0.327 e. The minimum atomic E-state index is 0. The van der Waals surface area contributed by atoms with Crippen LogP contribution in [0.25, 0.3) is 0 Å². The topological polar surface area (TPSA) is 52.0 Å². The highest BCUT2D eigenvalue weighted by molar-refractivity contribution is 5.85. The highest BCUT2D eigenvalue weighted by atomic mass is 35.5. The van der Waals surface area contributed by atoms with Crippen LogP contribution in [0.3, 0.4) is 0 Å². The molecule has 4 bridgehead atoms. The molecule has 0 radical (unpaired) electrons. The van der Waals surface area contributed by atoms with Gasteiger partial charge in [-0.3, -0.25) is 0 Å². The summed E-state index contributed by atoms with van der Waals surface area (Å²) in [6.45, 7) is 9.34. The molecule has 0 aromatic rings. The molecule has 0 aromatic heterocycles. The van der Waals surface area contributed by atoms with Crippen LogP contribution < -0.4 is 11.5 Å². The molecule has 0 amide bonds. The van der Waals surface area contributed by atoms with Crippen LogP contribution in [0.2, 0.25) is 0 Å². The summed E-state index contributed by atoms with van der Waals surface area (Å²) < 4.78 is 0. The van der Waals surface area contributed by atoms with Gasteiger partial charge in [0.25, 0.3) is 0 Å². The normalized spacial score (nSPS) is 45.5. The van der Waals surface area contributed by atoms with Crippen molar-refractivity contribution in [2.24, 2.45) is 46.0 Å². The second kappa shape index (κ2) is 6.78. The Morgan fingerprint density at radius 2 is 0.955 bits per heavy atom. The predicted octanol–water partition coefficient (Wildman–Crippen LogP) is 4.38. The first-order valence-electron chi connectivity index (χ1n) is 8.75. The molecule has 0 aliphatic heterocycles. The molecule has 132 valence electrons. The summed E-state index contributed by atoms with van der Waals surface area (Å²) in [5.41, 5.74) is 13.1. The van der Waals surface area contributed by atoms with Gasteiger partial charge in [0.15, 0.2) is 0 Å². The Labute approximate surface area is 149 Å². The van der Waals surface area contributed by atoms with E-state index in [9.17, 15) is 0 Å². The zero-order valence-corrected chi connectivity index (χ0v) is 16.3. The first-order chi connectivity index (χ1) is 9.24. The number of halogens is 2. The number of hydrogen-bond acceptors (Lipinski definition) is 2. The van der Waals surface area contributed by atoms with Crippen molar-refractivity contribution in [2.45, 2.75) is 78.3 Å². The van der Waals surface area contributed by atoms with Gasteiger partial charge in [-0.05, 0) is 73.0 Å². The number of fused-ring (bicyclic) bond motifs is 4. The van der Waals surface area contributed by atoms with E-state index < -0.39 is 0 Å². The maximum absolute atomic E-state index is 6.10. The SMILES string of the molecule is CC1(C)[C@@H]2CC[C@@H](C2)[C@@H]1N.CC1(C)[C@H]2CC[C@H](C2)[C@H]1N.Cl.Cl. The smallest absolute Gasteiger partial charge is 0.0121 e. The molecule has 0 aromatic carbocycles. The molecule has 4 N–H and O–H groups in total. The maximum atomic E-state index is 6.10. The van der Waals surface area contributed by atoms with Crippen LogP contribution in [-0.4, -0.2) is 12.1 Å². The molecular weight excluding hydrogens is 315 g/mol. The Balaban J connectivity index is 0.000000202. The van der Waals surface area contributed by atoms with E-state index in [-0.39, 0.29) is 24.8 Å². The Morgan fingerprint density at radius 1 is 0.636 bits per heavy atom. The quantitative estimate of drug-likeness (QED) is 0.680. The molecule has 4 aliphatic rings. The minimum Gasteiger partial charge on any atom is -0.327 e. The van der Waals surface area contributed by atoms with Gasteiger partial charge in [0.2, 0.25) is 0 Å². The molecule has 0 saturated heterocycles. The lowest BCUT2D eigenvalue weighted by Crippen LogP contribution is -2.42. The lowest BCUT2D eigenvalue weighted by Gasteiger charge is -2.35. The van der Waals surface area contributed by atoms with Crippen molar-refractivity contribution >= 4 is 24.8 Å². The van der Waals surface area contributed by atoms with Crippen LogP contribution in [-0.2, 0) is 0 Å². The monoisotopic (exact) mass is 350 g/mol. The first kappa shape index (κ1) is 20.5. The van der Waals surface area contributed by atoms with Crippen LogP contribution in [0.15, 0.2) is 0 Å². The van der Waals surface area contributed by atoms with Gasteiger partial charge in [0, 0.05) is 12.1 Å². The lowest BCUT2D eigenvalue weighted by atomic mass is 9.73. The van der Waals surface area contributed by atoms with Crippen molar-refractivity contribution in [1.82, 2.24) is 0 Å². The van der Waals surface area contributed by atoms with Gasteiger partial charge >= 0.3 is 0 Å². The third-order valence-electron chi connectivity index (χ3n) is 7.78. The summed E-state index contributed by atoms with van der Waals surface area (Å²) in [5.74, 6) is 3.60. The van der Waals surface area contributed by atoms with Crippen LogP contribution in [0.4, 0.5) is 0 Å². The summed E-state index contributed by atoms with van der Waals surface area (Å²) >= 11 is 0. The first-order valence-corrected chi connectivity index (χ1v) is 8.75. The predicted molar refractivity (Wildman–Crippen MR) is 99.7 cm³/mol. The van der Waals surface area contributed by atoms with Gasteiger partial charge in [0.1, 0.15) is 0 Å². The molecule has 6 atom stereocenters. The van der Waals surface area contributed by atoms with E-state index in [1.807, 2.05) is 0 Å². The molecule has 0 spiro atoms. The fourth-order valence-corrected chi connectivity index (χ4v) is 5.80. The van der Waals surface area contributed by atoms with Crippen LogP contribution >= 0.6 is 24.8 Å². The molecule has 0 heterocycles. The van der Waals surface area contributed by atoms with Gasteiger partial charge in [0.05, 0.1) is 0 Å². The van der Waals surface area contributed by atoms with Crippen molar-refractivity contribution < 1.29 is 0 Å². The zero-order valence-electron chi connectivity index (χ0n) is 14.7. The standard InChI is InChI=1S/2C9H17N.2ClH/c2*1-9(2)7-4-3-6(5-7)8(9)10;;/h2*6-8H,3-5,10H2,1-2H3;2*1H/t2*6-,7+,8-;;/m10../s1. The fraction of sp³-hybridized carbons (Fsp3) is 1.00. The maximum Gasteiger partial charge on any atom is 0.0121 e. The molecule has 4 saturated carbocycles. The van der Waals surface area contributed by atoms with Crippen molar-refractivity contribution in [1.29, 1.82) is 0 Å². The van der Waals surface area contributed by atoms with E-state index in [1.54, 1.807) is 0 Å². The van der Waals surface area contributed by atoms with Gasteiger partial charge in [-0.15, -0.1) is 24.8 Å². The van der Waals surface area contributed by atoms with Crippen molar-refractivity contribution in [3.63, 3.8) is 0 Å². The van der Waals surface area contributed by atoms with E-state index >= 15 is 0 Å². The summed E-state index contributed by atoms with van der Waals surface area (Å²) in [5, 5.41) is 0. The third-order valence-corrected chi connectivity index (χ3v) is 7.78. The summed E-state index contributed by atoms with van der Waals surface area (Å²) in [7, 11) is 0. The zero-order chi connectivity index (χ0) is 14.7. The van der Waals surface area contributed by atoms with Gasteiger partial charge < -0.3 is 11.5 Å². The fourth-order valence-electron chi connectivity index (χ4n) is 5.80. The number of hydrogen-bond donors (Lipinski definition) is 2. The van der Waals surface area contributed by atoms with Crippen LogP contribution in [0, 0.1) is 34.5 Å². The van der Waals surface area contributed by atoms with Gasteiger partial charge in [-0.2, -0.15) is 0 Å². The average molecular weight is 351 g/mol. The number of rotatable bonds is 0. The molecule has 22 heavy (non-hydrogen) atoms. The van der Waals surface area contributed by atoms with E-state index in [4.69, 9.17) is 11.5 Å². The molecule has 4 heteroatoms. The Bertz CT molecular complexity index is 339. The molecular formula is C18H36Cl2N2. The van der Waals surface area contributed by atoms with E-state index in [0.29, 0.717) is 22.9 Å². The number of nitrogens with two attached hydrogens (primary N) is 2. The van der Waals surface area contributed by atoms with Crippen LogP contribution in [0.1, 0.15) is 66.2 Å². The van der Waals surface area contributed by atoms with Gasteiger partial charge in [-0.25, -0.2) is 0 Å². The molecule has 4 fully saturated rings. The highest BCUT2D eigenvalue weighted by Gasteiger charge is 2.51. The molecule has 2 nitrogen and oxygen atoms in total. The molecule has 4 rings (SSSR count). The second-order valence-electron chi connectivity index (χ2n) is 9.23. The summed E-state index contributed by atoms with van der Waals surface area (Å²) in [6.07, 6.45) is 8.49. The summed E-state index contributed by atoms with van der Waals surface area (Å²) in [6, 6.07) is 0.984. The Morgan fingerprint density at radius 3 is 1.09 bits per heavy atom. The molecule has 4 aliphatic carbocycles. The molecule has 0 unspecified atom stereocenters. The lowest BCUT2D eigenvalue weighted by molar-refractivity contribution is 0.181. The van der Waals surface area contributed by atoms with E-state index in [2.05, 4.69) is 27.7 Å².